The van der Waals surface area contributed by atoms with Crippen molar-refractivity contribution in [3.63, 3.8) is 0 Å². The van der Waals surface area contributed by atoms with E-state index in [2.05, 4.69) is 60.8 Å². The van der Waals surface area contributed by atoms with Gasteiger partial charge in [0.1, 0.15) is 0 Å². The smallest absolute Gasteiger partial charge is 0.189 e. The number of hydrogen-bond donors (Lipinski definition) is 1. The highest BCUT2D eigenvalue weighted by atomic mass is 16.5. The summed E-state index contributed by atoms with van der Waals surface area (Å²) in [5, 5.41) is 8.56. The number of nitrogens with zero attached hydrogens (tertiary/aromatic N) is 4. The third-order valence-electron chi connectivity index (χ3n) is 7.20. The molecule has 0 amide bonds. The number of ether oxygens (including phenoxy) is 3. The van der Waals surface area contributed by atoms with Crippen LogP contribution in [0, 0.1) is 0 Å². The molecule has 3 aliphatic heterocycles. The molecule has 0 aliphatic carbocycles. The summed E-state index contributed by atoms with van der Waals surface area (Å²) in [7, 11) is 1.69. The van der Waals surface area contributed by atoms with Gasteiger partial charge >= 0.3 is 0 Å². The average Bonchev–Trinajstić information content (AvgIpc) is 3.03. The second kappa shape index (κ2) is 10.1. The highest BCUT2D eigenvalue weighted by molar-refractivity contribution is 5.67. The lowest BCUT2D eigenvalue weighted by Crippen LogP contribution is -2.46. The van der Waals surface area contributed by atoms with E-state index in [1.54, 1.807) is 7.11 Å². The highest BCUT2D eigenvalue weighted by Crippen LogP contribution is 2.32. The van der Waals surface area contributed by atoms with Gasteiger partial charge in [0.15, 0.2) is 5.88 Å². The van der Waals surface area contributed by atoms with Crippen molar-refractivity contribution >= 4 is 5.70 Å². The van der Waals surface area contributed by atoms with Gasteiger partial charge in [-0.05, 0) is 52.3 Å². The van der Waals surface area contributed by atoms with Crippen molar-refractivity contribution in [1.29, 1.82) is 0 Å². The number of rotatable bonds is 5. The molecule has 1 fully saturated rings. The number of allylic oxidation sites excluding steroid dienone is 2. The molecule has 3 atom stereocenters. The van der Waals surface area contributed by atoms with E-state index in [1.807, 2.05) is 6.20 Å². The summed E-state index contributed by atoms with van der Waals surface area (Å²) in [6, 6.07) is 4.51. The Hall–Kier alpha value is -2.68. The van der Waals surface area contributed by atoms with Crippen LogP contribution in [-0.4, -0.2) is 71.8 Å². The first-order valence-electron chi connectivity index (χ1n) is 12.7. The van der Waals surface area contributed by atoms with Crippen molar-refractivity contribution in [2.45, 2.75) is 58.8 Å². The molecule has 1 saturated heterocycles. The predicted octanol–water partition coefficient (Wildman–Crippen LogP) is 3.55. The lowest BCUT2D eigenvalue weighted by Gasteiger charge is -2.38. The quantitative estimate of drug-likeness (QED) is 0.703. The number of fused-ring (bicyclic) bond motifs is 1. The Balaban J connectivity index is 1.52. The molecule has 0 unspecified atom stereocenters. The zero-order chi connectivity index (χ0) is 24.5. The summed E-state index contributed by atoms with van der Waals surface area (Å²) in [4.78, 5) is 7.23. The number of nitrogens with one attached hydrogen (secondary N) is 1. The second-order valence-electron chi connectivity index (χ2n) is 9.86. The van der Waals surface area contributed by atoms with E-state index in [0.717, 1.165) is 60.0 Å². The molecule has 3 aliphatic rings. The molecule has 188 valence electrons. The average molecular weight is 480 g/mol. The topological polar surface area (TPSA) is 73.7 Å². The Bertz CT molecular complexity index is 1130. The third-order valence-corrected chi connectivity index (χ3v) is 7.20. The molecule has 2 aromatic rings. The van der Waals surface area contributed by atoms with E-state index < -0.39 is 0 Å². The van der Waals surface area contributed by atoms with Gasteiger partial charge in [0.2, 0.25) is 0 Å². The number of morpholine rings is 1. The Morgan fingerprint density at radius 3 is 2.69 bits per heavy atom. The maximum atomic E-state index is 5.94. The largest absolute Gasteiger partial charge is 0.482 e. The first-order valence-corrected chi connectivity index (χ1v) is 12.7. The molecule has 1 N–H and O–H groups in total. The minimum absolute atomic E-state index is 0.207. The van der Waals surface area contributed by atoms with Crippen LogP contribution in [0.2, 0.25) is 0 Å². The molecular weight excluding hydrogens is 442 g/mol. The van der Waals surface area contributed by atoms with Crippen molar-refractivity contribution in [3.05, 3.63) is 52.8 Å². The third kappa shape index (κ3) is 4.87. The fraction of sp³-hybridized carbons (Fsp3) is 0.556. The summed E-state index contributed by atoms with van der Waals surface area (Å²) in [5.74, 6) is 0.815. The normalized spacial score (nSPS) is 24.3. The number of methoxy groups -OCH3 is 1. The van der Waals surface area contributed by atoms with E-state index in [0.29, 0.717) is 19.8 Å². The van der Waals surface area contributed by atoms with Crippen LogP contribution in [0.4, 0.5) is 0 Å². The monoisotopic (exact) mass is 479 g/mol. The molecule has 0 radical (unpaired) electrons. The number of pyridine rings is 1. The molecule has 0 bridgehead atoms. The SMILES string of the molecule is COC1=C(C)C=C(n2nc(-c3ccnc([C@H](C)N4C[C@@H](C)O[C@@H](C)C4)c3)c3c2CCOCC3)CN1. The highest BCUT2D eigenvalue weighted by Gasteiger charge is 2.28. The van der Waals surface area contributed by atoms with Gasteiger partial charge in [-0.3, -0.25) is 9.88 Å². The summed E-state index contributed by atoms with van der Waals surface area (Å²) in [5.41, 5.74) is 7.92. The van der Waals surface area contributed by atoms with Crippen LogP contribution < -0.4 is 5.32 Å². The fourth-order valence-corrected chi connectivity index (χ4v) is 5.51. The molecule has 0 saturated carbocycles. The van der Waals surface area contributed by atoms with E-state index in [9.17, 15) is 0 Å². The van der Waals surface area contributed by atoms with Gasteiger partial charge in [-0.1, -0.05) is 0 Å². The molecule has 0 spiro atoms. The number of hydrogen-bond acceptors (Lipinski definition) is 7. The van der Waals surface area contributed by atoms with Crippen LogP contribution >= 0.6 is 0 Å². The second-order valence-corrected chi connectivity index (χ2v) is 9.86. The van der Waals surface area contributed by atoms with Crippen molar-refractivity contribution in [2.24, 2.45) is 0 Å². The maximum absolute atomic E-state index is 5.94. The fourth-order valence-electron chi connectivity index (χ4n) is 5.51. The van der Waals surface area contributed by atoms with Gasteiger partial charge in [-0.25, -0.2) is 4.68 Å². The molecule has 35 heavy (non-hydrogen) atoms. The number of aromatic nitrogens is 3. The van der Waals surface area contributed by atoms with E-state index in [4.69, 9.17) is 24.3 Å². The minimum Gasteiger partial charge on any atom is -0.482 e. The van der Waals surface area contributed by atoms with Crippen LogP contribution in [-0.2, 0) is 27.1 Å². The lowest BCUT2D eigenvalue weighted by atomic mass is 10.0. The van der Waals surface area contributed by atoms with E-state index in [-0.39, 0.29) is 18.2 Å². The summed E-state index contributed by atoms with van der Waals surface area (Å²) >= 11 is 0. The van der Waals surface area contributed by atoms with Crippen molar-refractivity contribution in [2.75, 3.05) is 40.0 Å². The standard InChI is InChI=1S/C27H37N5O3/c1-17-12-22(14-29-27(17)33-5)32-25-8-11-34-10-7-23(25)26(30-32)21-6-9-28-24(13-21)20(4)31-15-18(2)35-19(3)16-31/h6,9,12-13,18-20,29H,7-8,10-11,14-16H2,1-5H3/t18-,19+,20-/m0/s1. The van der Waals surface area contributed by atoms with Gasteiger partial charge in [0.05, 0.1) is 61.9 Å². The lowest BCUT2D eigenvalue weighted by molar-refractivity contribution is -0.0793. The van der Waals surface area contributed by atoms with Crippen LogP contribution in [0.15, 0.2) is 35.9 Å². The first-order chi connectivity index (χ1) is 16.9. The van der Waals surface area contributed by atoms with E-state index in [1.165, 1.54) is 11.3 Å². The molecule has 8 heteroatoms. The summed E-state index contributed by atoms with van der Waals surface area (Å²) in [6.07, 6.45) is 6.24. The first kappa shape index (κ1) is 24.0. The van der Waals surface area contributed by atoms with Crippen LogP contribution in [0.3, 0.4) is 0 Å². The van der Waals surface area contributed by atoms with Gasteiger partial charge in [0.25, 0.3) is 0 Å². The van der Waals surface area contributed by atoms with Crippen molar-refractivity contribution in [3.8, 4) is 11.3 Å². The minimum atomic E-state index is 0.207. The summed E-state index contributed by atoms with van der Waals surface area (Å²) in [6.45, 7) is 12.5. The molecule has 0 aromatic carbocycles. The Morgan fingerprint density at radius 1 is 1.17 bits per heavy atom. The van der Waals surface area contributed by atoms with Crippen LogP contribution in [0.5, 0.6) is 0 Å². The van der Waals surface area contributed by atoms with Gasteiger partial charge in [-0.15, -0.1) is 0 Å². The Morgan fingerprint density at radius 2 is 1.94 bits per heavy atom. The molecule has 8 nitrogen and oxygen atoms in total. The molecule has 2 aromatic heterocycles. The number of dihydropyridines is 1. The van der Waals surface area contributed by atoms with Crippen LogP contribution in [0.1, 0.15) is 50.7 Å². The molecular formula is C27H37N5O3. The van der Waals surface area contributed by atoms with Crippen LogP contribution in [0.25, 0.3) is 17.0 Å². The van der Waals surface area contributed by atoms with Crippen molar-refractivity contribution in [1.82, 2.24) is 25.0 Å². The molecule has 5 heterocycles. The van der Waals surface area contributed by atoms with Gasteiger partial charge in [-0.2, -0.15) is 5.10 Å². The predicted molar refractivity (Wildman–Crippen MR) is 136 cm³/mol. The van der Waals surface area contributed by atoms with E-state index >= 15 is 0 Å². The zero-order valence-electron chi connectivity index (χ0n) is 21.5. The Kier molecular flexibility index (Phi) is 6.95. The van der Waals surface area contributed by atoms with Gasteiger partial charge in [0, 0.05) is 48.4 Å². The Labute approximate surface area is 208 Å². The van der Waals surface area contributed by atoms with Crippen molar-refractivity contribution < 1.29 is 14.2 Å². The maximum Gasteiger partial charge on any atom is 0.189 e. The zero-order valence-corrected chi connectivity index (χ0v) is 21.5. The summed E-state index contributed by atoms with van der Waals surface area (Å²) < 4.78 is 19.4. The molecule has 5 rings (SSSR count). The van der Waals surface area contributed by atoms with Gasteiger partial charge < -0.3 is 19.5 Å².